The SMILES string of the molecule is COc1ccc(-c2csc(NC(=O)c3cc(Br)cc(Br)c3OC)n2)cc1Br. The minimum atomic E-state index is -0.300. The molecule has 0 radical (unpaired) electrons. The summed E-state index contributed by atoms with van der Waals surface area (Å²) in [5.74, 6) is 0.909. The molecule has 0 saturated carbocycles. The Kier molecular flexibility index (Phi) is 6.56. The Labute approximate surface area is 185 Å². The van der Waals surface area contributed by atoms with E-state index in [2.05, 4.69) is 58.1 Å². The number of benzene rings is 2. The minimum Gasteiger partial charge on any atom is -0.496 e. The Morgan fingerprint density at radius 3 is 2.52 bits per heavy atom. The predicted molar refractivity (Wildman–Crippen MR) is 118 cm³/mol. The van der Waals surface area contributed by atoms with Crippen LogP contribution in [-0.2, 0) is 0 Å². The molecule has 0 atom stereocenters. The van der Waals surface area contributed by atoms with Gasteiger partial charge in [-0.3, -0.25) is 10.1 Å². The van der Waals surface area contributed by atoms with Crippen molar-refractivity contribution in [1.82, 2.24) is 4.98 Å². The van der Waals surface area contributed by atoms with Crippen LogP contribution in [0.25, 0.3) is 11.3 Å². The maximum Gasteiger partial charge on any atom is 0.261 e. The lowest BCUT2D eigenvalue weighted by Gasteiger charge is -2.10. The average molecular weight is 577 g/mol. The number of halogens is 3. The number of hydrogen-bond donors (Lipinski definition) is 1. The highest BCUT2D eigenvalue weighted by Crippen LogP contribution is 2.34. The van der Waals surface area contributed by atoms with Gasteiger partial charge in [0.1, 0.15) is 11.5 Å². The number of amides is 1. The number of aromatic nitrogens is 1. The molecule has 2 aromatic carbocycles. The van der Waals surface area contributed by atoms with E-state index >= 15 is 0 Å². The maximum atomic E-state index is 12.7. The van der Waals surface area contributed by atoms with Crippen LogP contribution in [0, 0.1) is 0 Å². The van der Waals surface area contributed by atoms with Crippen molar-refractivity contribution in [3.8, 4) is 22.8 Å². The topological polar surface area (TPSA) is 60.5 Å². The molecular weight excluding hydrogens is 564 g/mol. The maximum absolute atomic E-state index is 12.7. The lowest BCUT2D eigenvalue weighted by molar-refractivity contribution is 0.102. The van der Waals surface area contributed by atoms with E-state index in [0.29, 0.717) is 20.9 Å². The van der Waals surface area contributed by atoms with Gasteiger partial charge in [-0.2, -0.15) is 0 Å². The van der Waals surface area contributed by atoms with Crippen LogP contribution in [0.4, 0.5) is 5.13 Å². The molecule has 0 fully saturated rings. The molecule has 1 N–H and O–H groups in total. The Morgan fingerprint density at radius 1 is 1.07 bits per heavy atom. The van der Waals surface area contributed by atoms with Crippen LogP contribution in [0.3, 0.4) is 0 Å². The third kappa shape index (κ3) is 4.53. The van der Waals surface area contributed by atoms with Gasteiger partial charge in [0, 0.05) is 15.4 Å². The van der Waals surface area contributed by atoms with Crippen molar-refractivity contribution < 1.29 is 14.3 Å². The molecule has 1 aromatic heterocycles. The number of carbonyl (C=O) groups is 1. The number of anilines is 1. The van der Waals surface area contributed by atoms with Crippen LogP contribution in [0.15, 0.2) is 49.1 Å². The first-order valence-electron chi connectivity index (χ1n) is 7.56. The van der Waals surface area contributed by atoms with Crippen LogP contribution in [0.2, 0.25) is 0 Å². The molecule has 0 aliphatic rings. The summed E-state index contributed by atoms with van der Waals surface area (Å²) < 4.78 is 12.9. The summed E-state index contributed by atoms with van der Waals surface area (Å²) in [6.07, 6.45) is 0. The first-order valence-corrected chi connectivity index (χ1v) is 10.8. The third-order valence-electron chi connectivity index (χ3n) is 3.63. The number of hydrogen-bond acceptors (Lipinski definition) is 5. The van der Waals surface area contributed by atoms with E-state index in [1.807, 2.05) is 29.6 Å². The highest BCUT2D eigenvalue weighted by atomic mass is 79.9. The molecule has 1 heterocycles. The van der Waals surface area contributed by atoms with Crippen molar-refractivity contribution in [2.45, 2.75) is 0 Å². The zero-order valence-corrected chi connectivity index (χ0v) is 19.8. The van der Waals surface area contributed by atoms with Gasteiger partial charge in [0.25, 0.3) is 5.91 Å². The fourth-order valence-electron chi connectivity index (χ4n) is 2.39. The van der Waals surface area contributed by atoms with Crippen molar-refractivity contribution in [1.29, 1.82) is 0 Å². The zero-order valence-electron chi connectivity index (χ0n) is 14.2. The molecule has 0 unspecified atom stereocenters. The second-order valence-electron chi connectivity index (χ2n) is 5.31. The molecule has 5 nitrogen and oxygen atoms in total. The van der Waals surface area contributed by atoms with E-state index in [-0.39, 0.29) is 5.91 Å². The number of carbonyl (C=O) groups excluding carboxylic acids is 1. The molecule has 0 spiro atoms. The number of nitrogens with one attached hydrogen (secondary N) is 1. The molecule has 3 aromatic rings. The normalized spacial score (nSPS) is 10.6. The molecule has 27 heavy (non-hydrogen) atoms. The fraction of sp³-hybridized carbons (Fsp3) is 0.111. The Hall–Kier alpha value is -1.42. The van der Waals surface area contributed by atoms with Gasteiger partial charge in [-0.15, -0.1) is 11.3 Å². The van der Waals surface area contributed by atoms with Gasteiger partial charge in [0.15, 0.2) is 5.13 Å². The highest BCUT2D eigenvalue weighted by Gasteiger charge is 2.18. The molecule has 1 amide bonds. The summed E-state index contributed by atoms with van der Waals surface area (Å²) in [6, 6.07) is 9.22. The van der Waals surface area contributed by atoms with E-state index in [1.165, 1.54) is 18.4 Å². The fourth-order valence-corrected chi connectivity index (χ4v) is 5.03. The first kappa shape index (κ1) is 20.3. The van der Waals surface area contributed by atoms with Gasteiger partial charge in [-0.25, -0.2) is 4.98 Å². The molecule has 3 rings (SSSR count). The second kappa shape index (κ2) is 8.72. The smallest absolute Gasteiger partial charge is 0.261 e. The molecule has 9 heteroatoms. The van der Waals surface area contributed by atoms with Gasteiger partial charge >= 0.3 is 0 Å². The van der Waals surface area contributed by atoms with Gasteiger partial charge in [-0.1, -0.05) is 15.9 Å². The number of ether oxygens (including phenoxy) is 2. The Balaban J connectivity index is 1.84. The summed E-state index contributed by atoms with van der Waals surface area (Å²) in [4.78, 5) is 17.2. The van der Waals surface area contributed by atoms with Gasteiger partial charge in [-0.05, 0) is 62.2 Å². The number of thiazole rings is 1. The summed E-state index contributed by atoms with van der Waals surface area (Å²) >= 11 is 11.6. The van der Waals surface area contributed by atoms with Crippen LogP contribution in [-0.4, -0.2) is 25.1 Å². The largest absolute Gasteiger partial charge is 0.496 e. The first-order chi connectivity index (χ1) is 12.9. The molecule has 0 bridgehead atoms. The minimum absolute atomic E-state index is 0.300. The van der Waals surface area contributed by atoms with E-state index in [9.17, 15) is 4.79 Å². The quantitative estimate of drug-likeness (QED) is 0.384. The van der Waals surface area contributed by atoms with E-state index < -0.39 is 0 Å². The van der Waals surface area contributed by atoms with E-state index in [0.717, 1.165) is 26.0 Å². The van der Waals surface area contributed by atoms with Crippen molar-refractivity contribution in [3.63, 3.8) is 0 Å². The molecular formula is C18H13Br3N2O3S. The second-order valence-corrected chi connectivity index (χ2v) is 8.79. The van der Waals surface area contributed by atoms with Crippen LogP contribution in [0.5, 0.6) is 11.5 Å². The number of rotatable bonds is 5. The lowest BCUT2D eigenvalue weighted by Crippen LogP contribution is -2.13. The van der Waals surface area contributed by atoms with Crippen LogP contribution >= 0.6 is 59.1 Å². The van der Waals surface area contributed by atoms with Gasteiger partial charge in [0.05, 0.1) is 34.4 Å². The molecule has 0 saturated heterocycles. The van der Waals surface area contributed by atoms with Crippen molar-refractivity contribution in [2.24, 2.45) is 0 Å². The van der Waals surface area contributed by atoms with Crippen molar-refractivity contribution in [2.75, 3.05) is 19.5 Å². The van der Waals surface area contributed by atoms with Crippen LogP contribution in [0.1, 0.15) is 10.4 Å². The summed E-state index contributed by atoms with van der Waals surface area (Å²) in [5, 5.41) is 5.21. The van der Waals surface area contributed by atoms with Crippen LogP contribution < -0.4 is 14.8 Å². The van der Waals surface area contributed by atoms with Gasteiger partial charge < -0.3 is 9.47 Å². The van der Waals surface area contributed by atoms with E-state index in [1.54, 1.807) is 13.2 Å². The standard InChI is InChI=1S/C18H13Br3N2O3S/c1-25-15-4-3-9(5-12(15)20)14-8-27-18(22-14)23-17(24)11-6-10(19)7-13(21)16(11)26-2/h3-8H,1-2H3,(H,22,23,24). The third-order valence-corrected chi connectivity index (χ3v) is 6.05. The summed E-state index contributed by atoms with van der Waals surface area (Å²) in [7, 11) is 3.14. The van der Waals surface area contributed by atoms with Gasteiger partial charge in [0.2, 0.25) is 0 Å². The lowest BCUT2D eigenvalue weighted by atomic mass is 10.2. The number of methoxy groups -OCH3 is 2. The average Bonchev–Trinajstić information content (AvgIpc) is 3.09. The predicted octanol–water partition coefficient (Wildman–Crippen LogP) is 6.37. The molecule has 140 valence electrons. The van der Waals surface area contributed by atoms with Crippen molar-refractivity contribution >= 4 is 70.2 Å². The monoisotopic (exact) mass is 574 g/mol. The Morgan fingerprint density at radius 2 is 1.85 bits per heavy atom. The molecule has 0 aliphatic carbocycles. The highest BCUT2D eigenvalue weighted by molar-refractivity contribution is 9.11. The summed E-state index contributed by atoms with van der Waals surface area (Å²) in [6.45, 7) is 0. The van der Waals surface area contributed by atoms with Crippen molar-refractivity contribution in [3.05, 3.63) is 54.7 Å². The summed E-state index contributed by atoms with van der Waals surface area (Å²) in [5.41, 5.74) is 2.09. The zero-order chi connectivity index (χ0) is 19.6. The number of nitrogens with zero attached hydrogens (tertiary/aromatic N) is 1. The van der Waals surface area contributed by atoms with E-state index in [4.69, 9.17) is 9.47 Å². The molecule has 0 aliphatic heterocycles. The Bertz CT molecular complexity index is 1010.